The average Bonchev–Trinajstić information content (AvgIpc) is 2.26. The number of ketones is 1. The second kappa shape index (κ2) is 4.22. The Labute approximate surface area is 109 Å². The van der Waals surface area contributed by atoms with Crippen LogP contribution in [-0.4, -0.2) is 18.8 Å². The van der Waals surface area contributed by atoms with Crippen molar-refractivity contribution in [2.24, 2.45) is 0 Å². The highest BCUT2D eigenvalue weighted by molar-refractivity contribution is 7.86. The SMILES string of the molecule is CC(=O)c1c(N)c(S(=O)(=O)O)c2ccccc2c1N. The van der Waals surface area contributed by atoms with Crippen molar-refractivity contribution >= 4 is 38.0 Å². The number of Topliss-reactive ketones (excluding diaryl/α,β-unsaturated/α-hetero) is 1. The summed E-state index contributed by atoms with van der Waals surface area (Å²) in [6.07, 6.45) is 0. The Morgan fingerprint density at radius 3 is 2.11 bits per heavy atom. The van der Waals surface area contributed by atoms with E-state index in [0.29, 0.717) is 5.39 Å². The minimum Gasteiger partial charge on any atom is -0.398 e. The molecule has 2 rings (SSSR count). The summed E-state index contributed by atoms with van der Waals surface area (Å²) in [5.74, 6) is -0.467. The molecule has 0 atom stereocenters. The van der Waals surface area contributed by atoms with E-state index in [4.69, 9.17) is 11.5 Å². The zero-order valence-corrected chi connectivity index (χ0v) is 10.9. The van der Waals surface area contributed by atoms with Gasteiger partial charge in [0.15, 0.2) is 5.78 Å². The molecular weight excluding hydrogens is 268 g/mol. The Bertz CT molecular complexity index is 797. The Morgan fingerprint density at radius 1 is 1.11 bits per heavy atom. The van der Waals surface area contributed by atoms with E-state index in [0.717, 1.165) is 0 Å². The molecule has 100 valence electrons. The highest BCUT2D eigenvalue weighted by Crippen LogP contribution is 2.37. The molecule has 0 spiro atoms. The topological polar surface area (TPSA) is 123 Å². The molecule has 0 fully saturated rings. The van der Waals surface area contributed by atoms with Crippen LogP contribution < -0.4 is 11.5 Å². The van der Waals surface area contributed by atoms with E-state index >= 15 is 0 Å². The maximum absolute atomic E-state index is 11.6. The van der Waals surface area contributed by atoms with Gasteiger partial charge in [0, 0.05) is 10.8 Å². The lowest BCUT2D eigenvalue weighted by molar-refractivity contribution is 0.101. The molecule has 0 amide bonds. The summed E-state index contributed by atoms with van der Waals surface area (Å²) in [5, 5.41) is 0.541. The Morgan fingerprint density at radius 2 is 1.63 bits per heavy atom. The molecule has 19 heavy (non-hydrogen) atoms. The second-order valence-corrected chi connectivity index (χ2v) is 5.47. The standard InChI is InChI=1S/C12H12N2O4S/c1-6(15)9-10(13)7-4-2-3-5-8(7)12(11(9)14)19(16,17)18/h2-5H,13-14H2,1H3,(H,16,17,18). The number of nitrogens with two attached hydrogens (primary N) is 2. The van der Waals surface area contributed by atoms with Gasteiger partial charge in [-0.05, 0) is 6.92 Å². The lowest BCUT2D eigenvalue weighted by Crippen LogP contribution is -2.12. The molecule has 0 saturated carbocycles. The van der Waals surface area contributed by atoms with Gasteiger partial charge in [0.05, 0.1) is 16.9 Å². The normalized spacial score (nSPS) is 11.7. The first-order valence-electron chi connectivity index (χ1n) is 5.33. The highest BCUT2D eigenvalue weighted by atomic mass is 32.2. The quantitative estimate of drug-likeness (QED) is 0.434. The van der Waals surface area contributed by atoms with Crippen molar-refractivity contribution in [3.05, 3.63) is 29.8 Å². The zero-order chi connectivity index (χ0) is 14.4. The van der Waals surface area contributed by atoms with Gasteiger partial charge in [-0.15, -0.1) is 0 Å². The number of rotatable bonds is 2. The van der Waals surface area contributed by atoms with Gasteiger partial charge >= 0.3 is 0 Å². The first kappa shape index (κ1) is 13.3. The summed E-state index contributed by atoms with van der Waals surface area (Å²) in [4.78, 5) is 11.1. The fourth-order valence-corrected chi connectivity index (χ4v) is 2.95. The molecule has 5 N–H and O–H groups in total. The Kier molecular flexibility index (Phi) is 2.95. The van der Waals surface area contributed by atoms with Crippen LogP contribution in [0.1, 0.15) is 17.3 Å². The lowest BCUT2D eigenvalue weighted by Gasteiger charge is -2.14. The first-order chi connectivity index (χ1) is 8.75. The Balaban J connectivity index is 3.15. The van der Waals surface area contributed by atoms with Gasteiger partial charge in [-0.25, -0.2) is 0 Å². The van der Waals surface area contributed by atoms with E-state index in [2.05, 4.69) is 0 Å². The third kappa shape index (κ3) is 2.02. The highest BCUT2D eigenvalue weighted by Gasteiger charge is 2.25. The van der Waals surface area contributed by atoms with Crippen molar-refractivity contribution in [2.75, 3.05) is 11.5 Å². The number of anilines is 2. The first-order valence-corrected chi connectivity index (χ1v) is 6.77. The molecule has 6 nitrogen and oxygen atoms in total. The Hall–Kier alpha value is -2.12. The fourth-order valence-electron chi connectivity index (χ4n) is 2.11. The van der Waals surface area contributed by atoms with Gasteiger partial charge in [0.1, 0.15) is 4.90 Å². The molecule has 0 aliphatic heterocycles. The van der Waals surface area contributed by atoms with Crippen LogP contribution in [0.4, 0.5) is 11.4 Å². The van der Waals surface area contributed by atoms with Crippen LogP contribution >= 0.6 is 0 Å². The summed E-state index contributed by atoms with van der Waals surface area (Å²) < 4.78 is 32.3. The number of hydrogen-bond donors (Lipinski definition) is 3. The summed E-state index contributed by atoms with van der Waals surface area (Å²) in [6.45, 7) is 1.23. The minimum absolute atomic E-state index is 0.0914. The van der Waals surface area contributed by atoms with E-state index in [1.165, 1.54) is 13.0 Å². The van der Waals surface area contributed by atoms with Crippen LogP contribution in [0.3, 0.4) is 0 Å². The second-order valence-electron chi connectivity index (χ2n) is 4.11. The minimum atomic E-state index is -4.57. The van der Waals surface area contributed by atoms with Crippen molar-refractivity contribution in [1.82, 2.24) is 0 Å². The van der Waals surface area contributed by atoms with Crippen LogP contribution in [0, 0.1) is 0 Å². The summed E-state index contributed by atoms with van der Waals surface area (Å²) >= 11 is 0. The molecule has 2 aromatic rings. The van der Waals surface area contributed by atoms with Crippen LogP contribution in [0.25, 0.3) is 10.8 Å². The van der Waals surface area contributed by atoms with Crippen molar-refractivity contribution in [1.29, 1.82) is 0 Å². The third-order valence-corrected chi connectivity index (χ3v) is 3.81. The maximum Gasteiger partial charge on any atom is 0.297 e. The third-order valence-electron chi connectivity index (χ3n) is 2.86. The summed E-state index contributed by atoms with van der Waals surface area (Å²) in [7, 11) is -4.57. The molecule has 0 aliphatic rings. The number of hydrogen-bond acceptors (Lipinski definition) is 5. The van der Waals surface area contributed by atoms with Gasteiger partial charge in [-0.2, -0.15) is 8.42 Å². The molecule has 0 aromatic heterocycles. The lowest BCUT2D eigenvalue weighted by atomic mass is 10.00. The number of nitrogen functional groups attached to an aromatic ring is 2. The van der Waals surface area contributed by atoms with Crippen LogP contribution in [0.15, 0.2) is 29.2 Å². The number of carbonyl (C=O) groups is 1. The summed E-state index contributed by atoms with van der Waals surface area (Å²) in [5.41, 5.74) is 11.2. The van der Waals surface area contributed by atoms with Crippen molar-refractivity contribution in [3.63, 3.8) is 0 Å². The van der Waals surface area contributed by atoms with Crippen molar-refractivity contribution < 1.29 is 17.8 Å². The molecule has 0 radical (unpaired) electrons. The maximum atomic E-state index is 11.6. The van der Waals surface area contributed by atoms with E-state index < -0.39 is 20.8 Å². The molecular formula is C12H12N2O4S. The van der Waals surface area contributed by atoms with Gasteiger partial charge in [0.2, 0.25) is 0 Å². The van der Waals surface area contributed by atoms with Crippen molar-refractivity contribution in [2.45, 2.75) is 11.8 Å². The summed E-state index contributed by atoms with van der Waals surface area (Å²) in [6, 6.07) is 6.26. The van der Waals surface area contributed by atoms with E-state index in [9.17, 15) is 17.8 Å². The van der Waals surface area contributed by atoms with E-state index in [1.54, 1.807) is 18.2 Å². The number of carbonyl (C=O) groups excluding carboxylic acids is 1. The molecule has 0 saturated heterocycles. The van der Waals surface area contributed by atoms with Gasteiger partial charge in [0.25, 0.3) is 10.1 Å². The molecule has 0 bridgehead atoms. The predicted molar refractivity (Wildman–Crippen MR) is 72.6 cm³/mol. The largest absolute Gasteiger partial charge is 0.398 e. The van der Waals surface area contributed by atoms with E-state index in [1.807, 2.05) is 0 Å². The van der Waals surface area contributed by atoms with Crippen LogP contribution in [-0.2, 0) is 10.1 Å². The van der Waals surface area contributed by atoms with E-state index in [-0.39, 0.29) is 22.3 Å². The van der Waals surface area contributed by atoms with Gasteiger partial charge in [-0.3, -0.25) is 9.35 Å². The van der Waals surface area contributed by atoms with Crippen molar-refractivity contribution in [3.8, 4) is 0 Å². The van der Waals surface area contributed by atoms with Crippen LogP contribution in [0.5, 0.6) is 0 Å². The van der Waals surface area contributed by atoms with Gasteiger partial charge < -0.3 is 11.5 Å². The molecule has 2 aromatic carbocycles. The smallest absolute Gasteiger partial charge is 0.297 e. The number of fused-ring (bicyclic) bond motifs is 1. The molecule has 0 aliphatic carbocycles. The van der Waals surface area contributed by atoms with Gasteiger partial charge in [-0.1, -0.05) is 24.3 Å². The van der Waals surface area contributed by atoms with Crippen LogP contribution in [0.2, 0.25) is 0 Å². The molecule has 0 unspecified atom stereocenters. The zero-order valence-electron chi connectivity index (χ0n) is 10.0. The molecule has 7 heteroatoms. The average molecular weight is 280 g/mol. The monoisotopic (exact) mass is 280 g/mol. The molecule has 0 heterocycles. The fraction of sp³-hybridized carbons (Fsp3) is 0.0833. The number of benzene rings is 2. The predicted octanol–water partition coefficient (Wildman–Crippen LogP) is 1.45.